The third-order valence-corrected chi connectivity index (χ3v) is 5.45. The number of ether oxygens (including phenoxy) is 1. The Kier molecular flexibility index (Phi) is 5.81. The number of carbonyl (C=O) groups excluding carboxylic acids is 1. The van der Waals surface area contributed by atoms with E-state index in [0.29, 0.717) is 13.1 Å². The summed E-state index contributed by atoms with van der Waals surface area (Å²) in [6.45, 7) is 1.46. The van der Waals surface area contributed by atoms with Gasteiger partial charge < -0.3 is 14.6 Å². The molecular weight excluding hydrogens is 383 g/mol. The lowest BCUT2D eigenvalue weighted by atomic mass is 9.95. The molecule has 0 fully saturated rings. The van der Waals surface area contributed by atoms with E-state index in [1.807, 2.05) is 41.1 Å². The number of amides is 1. The first-order valence-electron chi connectivity index (χ1n) is 9.93. The van der Waals surface area contributed by atoms with E-state index in [1.54, 1.807) is 25.6 Å². The second-order valence-corrected chi connectivity index (χ2v) is 7.58. The van der Waals surface area contributed by atoms with Crippen LogP contribution in [0.1, 0.15) is 28.6 Å². The second-order valence-electron chi connectivity index (χ2n) is 7.58. The van der Waals surface area contributed by atoms with Crippen molar-refractivity contribution >= 4 is 5.91 Å². The van der Waals surface area contributed by atoms with Gasteiger partial charge in [0.05, 0.1) is 25.7 Å². The number of hydrogen-bond acceptors (Lipinski definition) is 4. The van der Waals surface area contributed by atoms with E-state index in [0.717, 1.165) is 34.7 Å². The van der Waals surface area contributed by atoms with Crippen LogP contribution in [0.25, 0.3) is 0 Å². The van der Waals surface area contributed by atoms with Gasteiger partial charge in [-0.25, -0.2) is 9.37 Å². The SMILES string of the molecule is COc1ccc(C2c3nc[nH]c3CCN2C(=O)CN(C)Cc2ccc(F)cc2)cc1. The van der Waals surface area contributed by atoms with Crippen LogP contribution in [0, 0.1) is 5.82 Å². The molecule has 4 rings (SSSR count). The van der Waals surface area contributed by atoms with Gasteiger partial charge >= 0.3 is 0 Å². The van der Waals surface area contributed by atoms with Crippen LogP contribution < -0.4 is 4.74 Å². The van der Waals surface area contributed by atoms with Crippen molar-refractivity contribution in [1.29, 1.82) is 0 Å². The summed E-state index contributed by atoms with van der Waals surface area (Å²) in [6.07, 6.45) is 2.44. The molecule has 0 radical (unpaired) electrons. The monoisotopic (exact) mass is 408 g/mol. The van der Waals surface area contributed by atoms with Crippen LogP contribution >= 0.6 is 0 Å². The highest BCUT2D eigenvalue weighted by Crippen LogP contribution is 2.34. The largest absolute Gasteiger partial charge is 0.497 e. The number of hydrogen-bond donors (Lipinski definition) is 1. The van der Waals surface area contributed by atoms with E-state index >= 15 is 0 Å². The predicted molar refractivity (Wildman–Crippen MR) is 112 cm³/mol. The number of likely N-dealkylation sites (N-methyl/N-ethyl adjacent to an activating group) is 1. The Balaban J connectivity index is 1.53. The molecule has 1 atom stereocenters. The van der Waals surface area contributed by atoms with Gasteiger partial charge in [0.25, 0.3) is 0 Å². The van der Waals surface area contributed by atoms with Crippen LogP contribution in [0.2, 0.25) is 0 Å². The molecule has 156 valence electrons. The van der Waals surface area contributed by atoms with Gasteiger partial charge in [-0.05, 0) is 42.4 Å². The van der Waals surface area contributed by atoms with E-state index in [9.17, 15) is 9.18 Å². The Morgan fingerprint density at radius 2 is 1.97 bits per heavy atom. The van der Waals surface area contributed by atoms with Crippen molar-refractivity contribution < 1.29 is 13.9 Å². The molecule has 1 N–H and O–H groups in total. The van der Waals surface area contributed by atoms with E-state index in [4.69, 9.17) is 4.74 Å². The number of aromatic amines is 1. The molecule has 7 heteroatoms. The molecular formula is C23H25FN4O2. The van der Waals surface area contributed by atoms with Crippen LogP contribution in [0.15, 0.2) is 54.9 Å². The smallest absolute Gasteiger partial charge is 0.237 e. The fraction of sp³-hybridized carbons (Fsp3) is 0.304. The van der Waals surface area contributed by atoms with Crippen molar-refractivity contribution in [2.75, 3.05) is 27.2 Å². The molecule has 0 saturated carbocycles. The van der Waals surface area contributed by atoms with Crippen molar-refractivity contribution in [2.45, 2.75) is 19.0 Å². The summed E-state index contributed by atoms with van der Waals surface area (Å²) >= 11 is 0. The number of carbonyl (C=O) groups is 1. The number of H-pyrrole nitrogens is 1. The zero-order chi connectivity index (χ0) is 21.1. The van der Waals surface area contributed by atoms with Crippen molar-refractivity contribution in [1.82, 2.24) is 19.8 Å². The second kappa shape index (κ2) is 8.67. The summed E-state index contributed by atoms with van der Waals surface area (Å²) in [6, 6.07) is 13.9. The summed E-state index contributed by atoms with van der Waals surface area (Å²) in [5, 5.41) is 0. The Hall–Kier alpha value is -3.19. The number of benzene rings is 2. The molecule has 2 heterocycles. The maximum absolute atomic E-state index is 13.3. The Labute approximate surface area is 175 Å². The molecule has 0 bridgehead atoms. The summed E-state index contributed by atoms with van der Waals surface area (Å²) in [7, 11) is 3.53. The van der Waals surface area contributed by atoms with Gasteiger partial charge in [-0.2, -0.15) is 0 Å². The molecule has 1 unspecified atom stereocenters. The Bertz CT molecular complexity index is 1000. The van der Waals surface area contributed by atoms with Crippen molar-refractivity contribution in [2.24, 2.45) is 0 Å². The van der Waals surface area contributed by atoms with Gasteiger partial charge in [-0.1, -0.05) is 24.3 Å². The average molecular weight is 408 g/mol. The number of halogens is 1. The quantitative estimate of drug-likeness (QED) is 0.681. The average Bonchev–Trinajstić information content (AvgIpc) is 3.23. The summed E-state index contributed by atoms with van der Waals surface area (Å²) in [5.74, 6) is 0.547. The first-order valence-corrected chi connectivity index (χ1v) is 9.93. The topological polar surface area (TPSA) is 61.5 Å². The Morgan fingerprint density at radius 3 is 2.67 bits per heavy atom. The number of imidazole rings is 1. The van der Waals surface area contributed by atoms with Gasteiger partial charge in [0.1, 0.15) is 17.6 Å². The van der Waals surface area contributed by atoms with E-state index < -0.39 is 0 Å². The van der Waals surface area contributed by atoms with Crippen molar-refractivity contribution in [3.05, 3.63) is 83.2 Å². The predicted octanol–water partition coefficient (Wildman–Crippen LogP) is 3.16. The third-order valence-electron chi connectivity index (χ3n) is 5.45. The Morgan fingerprint density at radius 1 is 1.23 bits per heavy atom. The number of rotatable bonds is 6. The first-order chi connectivity index (χ1) is 14.5. The van der Waals surface area contributed by atoms with Gasteiger partial charge in [0.15, 0.2) is 0 Å². The molecule has 1 aliphatic heterocycles. The highest BCUT2D eigenvalue weighted by atomic mass is 19.1. The van der Waals surface area contributed by atoms with Gasteiger partial charge in [0, 0.05) is 25.2 Å². The van der Waals surface area contributed by atoms with E-state index in [1.165, 1.54) is 12.1 Å². The number of aromatic nitrogens is 2. The molecule has 1 aliphatic rings. The van der Waals surface area contributed by atoms with Crippen molar-refractivity contribution in [3.8, 4) is 5.75 Å². The lowest BCUT2D eigenvalue weighted by Gasteiger charge is -2.36. The fourth-order valence-electron chi connectivity index (χ4n) is 3.95. The maximum atomic E-state index is 13.3. The molecule has 30 heavy (non-hydrogen) atoms. The minimum absolute atomic E-state index is 0.0362. The summed E-state index contributed by atoms with van der Waals surface area (Å²) in [4.78, 5) is 24.8. The van der Waals surface area contributed by atoms with Crippen LogP contribution in [0.4, 0.5) is 4.39 Å². The van der Waals surface area contributed by atoms with Crippen LogP contribution in [0.3, 0.4) is 0 Å². The van der Waals surface area contributed by atoms with Gasteiger partial charge in [-0.15, -0.1) is 0 Å². The fourth-order valence-corrected chi connectivity index (χ4v) is 3.95. The molecule has 0 spiro atoms. The molecule has 2 aromatic carbocycles. The standard InChI is InChI=1S/C23H25FN4O2/c1-27(13-16-3-7-18(24)8-4-16)14-21(29)28-12-11-20-22(26-15-25-20)23(28)17-5-9-19(30-2)10-6-17/h3-10,15,23H,11-14H2,1-2H3,(H,25,26). The maximum Gasteiger partial charge on any atom is 0.237 e. The molecule has 1 aromatic heterocycles. The zero-order valence-corrected chi connectivity index (χ0v) is 17.1. The number of methoxy groups -OCH3 is 1. The first kappa shape index (κ1) is 20.1. The number of nitrogens with zero attached hydrogens (tertiary/aromatic N) is 3. The lowest BCUT2D eigenvalue weighted by molar-refractivity contribution is -0.134. The summed E-state index contributed by atoms with van der Waals surface area (Å²) < 4.78 is 18.4. The summed E-state index contributed by atoms with van der Waals surface area (Å²) in [5.41, 5.74) is 3.92. The van der Waals surface area contributed by atoms with E-state index in [-0.39, 0.29) is 24.3 Å². The molecule has 6 nitrogen and oxygen atoms in total. The molecule has 1 amide bonds. The van der Waals surface area contributed by atoms with Crippen molar-refractivity contribution in [3.63, 3.8) is 0 Å². The van der Waals surface area contributed by atoms with Crippen LogP contribution in [-0.2, 0) is 17.8 Å². The molecule has 0 saturated heterocycles. The van der Waals surface area contributed by atoms with E-state index in [2.05, 4.69) is 9.97 Å². The normalized spacial score (nSPS) is 15.9. The van der Waals surface area contributed by atoms with Crippen LogP contribution in [0.5, 0.6) is 5.75 Å². The third kappa shape index (κ3) is 4.21. The minimum atomic E-state index is -0.261. The highest BCUT2D eigenvalue weighted by Gasteiger charge is 2.34. The number of nitrogens with one attached hydrogen (secondary N) is 1. The molecule has 3 aromatic rings. The van der Waals surface area contributed by atoms with Gasteiger partial charge in [0.2, 0.25) is 5.91 Å². The zero-order valence-electron chi connectivity index (χ0n) is 17.1. The number of fused-ring (bicyclic) bond motifs is 1. The molecule has 0 aliphatic carbocycles. The highest BCUT2D eigenvalue weighted by molar-refractivity contribution is 5.79. The van der Waals surface area contributed by atoms with Crippen LogP contribution in [-0.4, -0.2) is 52.9 Å². The minimum Gasteiger partial charge on any atom is -0.497 e. The lowest BCUT2D eigenvalue weighted by Crippen LogP contribution is -2.45. The van der Waals surface area contributed by atoms with Gasteiger partial charge in [-0.3, -0.25) is 9.69 Å².